The topological polar surface area (TPSA) is 0 Å². The van der Waals surface area contributed by atoms with Crippen LogP contribution in [0.2, 0.25) is 0 Å². The van der Waals surface area contributed by atoms with E-state index in [1.165, 1.54) is 11.6 Å². The lowest BCUT2D eigenvalue weighted by atomic mass is 10.0. The summed E-state index contributed by atoms with van der Waals surface area (Å²) in [7, 11) is 0. The molecule has 0 aliphatic rings. The zero-order valence-electron chi connectivity index (χ0n) is 9.04. The number of hydrogen-bond acceptors (Lipinski definition) is 0. The first kappa shape index (κ1) is 12.8. The maximum atomic E-state index is 13.1. The summed E-state index contributed by atoms with van der Waals surface area (Å²) < 4.78 is 14.1. The summed E-state index contributed by atoms with van der Waals surface area (Å²) >= 11 is 7.17. The second kappa shape index (κ2) is 5.78. The molecule has 88 valence electrons. The summed E-state index contributed by atoms with van der Waals surface area (Å²) in [5.74, 6) is -0.186. The van der Waals surface area contributed by atoms with E-state index in [0.29, 0.717) is 0 Å². The van der Waals surface area contributed by atoms with Crippen molar-refractivity contribution in [3.63, 3.8) is 0 Å². The zero-order chi connectivity index (χ0) is 12.3. The summed E-state index contributed by atoms with van der Waals surface area (Å²) in [4.78, 5) is 0.180. The van der Waals surface area contributed by atoms with Crippen molar-refractivity contribution in [3.05, 3.63) is 69.9 Å². The van der Waals surface area contributed by atoms with E-state index in [4.69, 9.17) is 0 Å². The van der Waals surface area contributed by atoms with Gasteiger partial charge in [-0.25, -0.2) is 4.39 Å². The van der Waals surface area contributed by atoms with Gasteiger partial charge in [0.2, 0.25) is 0 Å². The number of rotatable bonds is 3. The molecule has 0 heterocycles. The lowest BCUT2D eigenvalue weighted by Gasteiger charge is -2.12. The summed E-state index contributed by atoms with van der Waals surface area (Å²) in [6.07, 6.45) is 0.764. The predicted molar refractivity (Wildman–Crippen MR) is 75.9 cm³/mol. The third-order valence-corrected chi connectivity index (χ3v) is 4.09. The standard InChI is InChI=1S/C14H11Br2F/c15-13-7-2-1-6-12(13)14(16)9-10-4-3-5-11(17)8-10/h1-8,14H,9H2. The van der Waals surface area contributed by atoms with Gasteiger partial charge in [-0.05, 0) is 35.7 Å². The fourth-order valence-corrected chi connectivity index (χ4v) is 3.35. The Kier molecular flexibility index (Phi) is 4.35. The first-order valence-corrected chi connectivity index (χ1v) is 7.00. The van der Waals surface area contributed by atoms with Crippen molar-refractivity contribution in [2.45, 2.75) is 11.2 Å². The third kappa shape index (κ3) is 3.39. The average molecular weight is 358 g/mol. The predicted octanol–water partition coefficient (Wildman–Crippen LogP) is 5.27. The van der Waals surface area contributed by atoms with Crippen LogP contribution in [-0.4, -0.2) is 0 Å². The maximum Gasteiger partial charge on any atom is 0.123 e. The Hall–Kier alpha value is -0.670. The van der Waals surface area contributed by atoms with Gasteiger partial charge in [-0.1, -0.05) is 62.2 Å². The van der Waals surface area contributed by atoms with E-state index in [1.54, 1.807) is 12.1 Å². The zero-order valence-corrected chi connectivity index (χ0v) is 12.2. The summed E-state index contributed by atoms with van der Waals surface area (Å²) in [6.45, 7) is 0. The van der Waals surface area contributed by atoms with Crippen molar-refractivity contribution >= 4 is 31.9 Å². The Labute approximate surface area is 117 Å². The highest BCUT2D eigenvalue weighted by Gasteiger charge is 2.11. The highest BCUT2D eigenvalue weighted by Crippen LogP contribution is 2.32. The Morgan fingerprint density at radius 1 is 1.06 bits per heavy atom. The van der Waals surface area contributed by atoms with E-state index in [2.05, 4.69) is 37.9 Å². The number of halogens is 3. The fraction of sp³-hybridized carbons (Fsp3) is 0.143. The van der Waals surface area contributed by atoms with Crippen LogP contribution in [0.1, 0.15) is 16.0 Å². The molecule has 0 spiro atoms. The SMILES string of the molecule is Fc1cccc(CC(Br)c2ccccc2Br)c1. The summed E-state index contributed by atoms with van der Waals surface area (Å²) in [5.41, 5.74) is 2.17. The minimum atomic E-state index is -0.186. The first-order valence-electron chi connectivity index (χ1n) is 5.30. The van der Waals surface area contributed by atoms with Crippen LogP contribution in [-0.2, 0) is 6.42 Å². The van der Waals surface area contributed by atoms with Gasteiger partial charge in [0, 0.05) is 9.30 Å². The Bertz CT molecular complexity index is 511. The van der Waals surface area contributed by atoms with Crippen molar-refractivity contribution in [2.24, 2.45) is 0 Å². The number of benzene rings is 2. The second-order valence-corrected chi connectivity index (χ2v) is 5.78. The molecule has 2 aromatic rings. The van der Waals surface area contributed by atoms with Crippen molar-refractivity contribution < 1.29 is 4.39 Å². The molecule has 0 saturated carbocycles. The number of alkyl halides is 1. The highest BCUT2D eigenvalue weighted by molar-refractivity contribution is 9.11. The normalized spacial score (nSPS) is 12.4. The lowest BCUT2D eigenvalue weighted by Crippen LogP contribution is -1.96. The smallest absolute Gasteiger partial charge is 0.123 e. The van der Waals surface area contributed by atoms with Gasteiger partial charge in [0.15, 0.2) is 0 Å². The second-order valence-electron chi connectivity index (χ2n) is 3.82. The highest BCUT2D eigenvalue weighted by atomic mass is 79.9. The van der Waals surface area contributed by atoms with E-state index in [9.17, 15) is 4.39 Å². The van der Waals surface area contributed by atoms with Gasteiger partial charge in [-0.3, -0.25) is 0 Å². The van der Waals surface area contributed by atoms with E-state index in [-0.39, 0.29) is 10.6 Å². The molecule has 1 unspecified atom stereocenters. The van der Waals surface area contributed by atoms with Crippen LogP contribution in [0.15, 0.2) is 53.0 Å². The molecule has 0 bridgehead atoms. The van der Waals surface area contributed by atoms with Crippen molar-refractivity contribution in [1.29, 1.82) is 0 Å². The van der Waals surface area contributed by atoms with E-state index in [0.717, 1.165) is 16.5 Å². The lowest BCUT2D eigenvalue weighted by molar-refractivity contribution is 0.625. The molecule has 17 heavy (non-hydrogen) atoms. The van der Waals surface area contributed by atoms with Gasteiger partial charge in [0.05, 0.1) is 0 Å². The molecule has 2 rings (SSSR count). The molecule has 0 N–H and O–H groups in total. The molecule has 0 aliphatic heterocycles. The van der Waals surface area contributed by atoms with Crippen molar-refractivity contribution in [2.75, 3.05) is 0 Å². The van der Waals surface area contributed by atoms with Crippen molar-refractivity contribution in [3.8, 4) is 0 Å². The average Bonchev–Trinajstić information content (AvgIpc) is 2.29. The van der Waals surface area contributed by atoms with Gasteiger partial charge in [0.1, 0.15) is 5.82 Å². The molecule has 0 amide bonds. The molecule has 0 aliphatic carbocycles. The minimum Gasteiger partial charge on any atom is -0.207 e. The minimum absolute atomic E-state index is 0.180. The fourth-order valence-electron chi connectivity index (χ4n) is 1.71. The third-order valence-electron chi connectivity index (χ3n) is 2.55. The number of hydrogen-bond donors (Lipinski definition) is 0. The van der Waals surface area contributed by atoms with Gasteiger partial charge in [-0.2, -0.15) is 0 Å². The molecule has 2 aromatic carbocycles. The van der Waals surface area contributed by atoms with Gasteiger partial charge in [-0.15, -0.1) is 0 Å². The Morgan fingerprint density at radius 3 is 2.53 bits per heavy atom. The first-order chi connectivity index (χ1) is 8.16. The van der Waals surface area contributed by atoms with E-state index >= 15 is 0 Å². The van der Waals surface area contributed by atoms with Crippen LogP contribution in [0.3, 0.4) is 0 Å². The quantitative estimate of drug-likeness (QED) is 0.656. The Balaban J connectivity index is 2.17. The Morgan fingerprint density at radius 2 is 1.82 bits per heavy atom. The monoisotopic (exact) mass is 356 g/mol. The van der Waals surface area contributed by atoms with Crippen LogP contribution in [0.5, 0.6) is 0 Å². The molecule has 0 nitrogen and oxygen atoms in total. The van der Waals surface area contributed by atoms with Crippen LogP contribution < -0.4 is 0 Å². The molecular weight excluding hydrogens is 347 g/mol. The van der Waals surface area contributed by atoms with Gasteiger partial charge < -0.3 is 0 Å². The van der Waals surface area contributed by atoms with E-state index < -0.39 is 0 Å². The molecule has 1 atom stereocenters. The summed E-state index contributed by atoms with van der Waals surface area (Å²) in [6, 6.07) is 14.8. The van der Waals surface area contributed by atoms with Crippen LogP contribution >= 0.6 is 31.9 Å². The van der Waals surface area contributed by atoms with Gasteiger partial charge in [0.25, 0.3) is 0 Å². The van der Waals surface area contributed by atoms with Gasteiger partial charge >= 0.3 is 0 Å². The molecule has 0 saturated heterocycles. The molecule has 0 aromatic heterocycles. The van der Waals surface area contributed by atoms with E-state index in [1.807, 2.05) is 24.3 Å². The van der Waals surface area contributed by atoms with Crippen molar-refractivity contribution in [1.82, 2.24) is 0 Å². The van der Waals surface area contributed by atoms with Crippen LogP contribution in [0.4, 0.5) is 4.39 Å². The molecule has 0 fully saturated rings. The maximum absolute atomic E-state index is 13.1. The molecule has 0 radical (unpaired) electrons. The van der Waals surface area contributed by atoms with Crippen LogP contribution in [0.25, 0.3) is 0 Å². The molecular formula is C14H11Br2F. The summed E-state index contributed by atoms with van der Waals surface area (Å²) in [5, 5.41) is 0. The van der Waals surface area contributed by atoms with Crippen LogP contribution in [0, 0.1) is 5.82 Å². The molecule has 3 heteroatoms. The largest absolute Gasteiger partial charge is 0.207 e.